The van der Waals surface area contributed by atoms with Crippen LogP contribution in [0.15, 0.2) is 22.5 Å². The van der Waals surface area contributed by atoms with E-state index in [1.165, 1.54) is 12.0 Å². The first-order valence-electron chi connectivity index (χ1n) is 7.79. The molecule has 1 rings (SSSR count). The third-order valence-electron chi connectivity index (χ3n) is 3.22. The summed E-state index contributed by atoms with van der Waals surface area (Å²) in [5.74, 6) is 1.11. The van der Waals surface area contributed by atoms with E-state index in [0.29, 0.717) is 12.3 Å². The average molecular weight is 325 g/mol. The van der Waals surface area contributed by atoms with Crippen molar-refractivity contribution in [2.75, 3.05) is 26.7 Å². The van der Waals surface area contributed by atoms with Gasteiger partial charge in [-0.05, 0) is 31.2 Å². The van der Waals surface area contributed by atoms with E-state index in [4.69, 9.17) is 0 Å². The number of methoxy groups -OCH3 is 1. The van der Waals surface area contributed by atoms with Crippen molar-refractivity contribution in [3.63, 3.8) is 0 Å². The Balaban J connectivity index is 2.31. The van der Waals surface area contributed by atoms with Crippen molar-refractivity contribution in [1.29, 1.82) is 0 Å². The van der Waals surface area contributed by atoms with E-state index in [-0.39, 0.29) is 5.97 Å². The molecule has 1 atom stereocenters. The monoisotopic (exact) mass is 325 g/mol. The summed E-state index contributed by atoms with van der Waals surface area (Å²) in [6, 6.07) is 4.23. The van der Waals surface area contributed by atoms with Crippen LogP contribution in [0.4, 0.5) is 0 Å². The number of rotatable bonds is 9. The van der Waals surface area contributed by atoms with Gasteiger partial charge in [0.2, 0.25) is 0 Å². The predicted octanol–water partition coefficient (Wildman–Crippen LogP) is 2.75. The molecule has 6 heteroatoms. The highest BCUT2D eigenvalue weighted by atomic mass is 32.1. The van der Waals surface area contributed by atoms with Crippen molar-refractivity contribution in [1.82, 2.24) is 10.6 Å². The van der Waals surface area contributed by atoms with Gasteiger partial charge >= 0.3 is 5.97 Å². The van der Waals surface area contributed by atoms with Gasteiger partial charge in [0, 0.05) is 30.3 Å². The van der Waals surface area contributed by atoms with Gasteiger partial charge in [-0.3, -0.25) is 9.79 Å². The number of hydrogen-bond donors (Lipinski definition) is 2. The average Bonchev–Trinajstić information content (AvgIpc) is 3.06. The molecule has 1 aromatic rings. The number of nitrogens with zero attached hydrogens (tertiary/aromatic N) is 1. The van der Waals surface area contributed by atoms with Crippen molar-refractivity contribution in [2.45, 2.75) is 39.0 Å². The Morgan fingerprint density at radius 3 is 2.86 bits per heavy atom. The smallest absolute Gasteiger partial charge is 0.305 e. The maximum Gasteiger partial charge on any atom is 0.305 e. The first-order chi connectivity index (χ1) is 10.7. The Kier molecular flexibility index (Phi) is 9.30. The molecule has 0 bridgehead atoms. The van der Waals surface area contributed by atoms with Crippen LogP contribution in [0, 0.1) is 0 Å². The van der Waals surface area contributed by atoms with E-state index in [1.54, 1.807) is 11.3 Å². The summed E-state index contributed by atoms with van der Waals surface area (Å²) < 4.78 is 4.62. The normalized spacial score (nSPS) is 12.8. The van der Waals surface area contributed by atoms with E-state index in [2.05, 4.69) is 51.7 Å². The second-order valence-corrected chi connectivity index (χ2v) is 6.08. The summed E-state index contributed by atoms with van der Waals surface area (Å²) in [6.45, 7) is 6.64. The molecule has 2 N–H and O–H groups in total. The second-order valence-electron chi connectivity index (χ2n) is 5.10. The number of nitrogens with one attached hydrogen (secondary N) is 2. The Hall–Kier alpha value is -1.56. The molecule has 1 heterocycles. The lowest BCUT2D eigenvalue weighted by Crippen LogP contribution is -2.38. The number of thiophene rings is 1. The van der Waals surface area contributed by atoms with E-state index in [0.717, 1.165) is 38.4 Å². The summed E-state index contributed by atoms with van der Waals surface area (Å²) >= 11 is 1.77. The molecule has 0 aliphatic rings. The number of ether oxygens (including phenoxy) is 1. The fourth-order valence-electron chi connectivity index (χ4n) is 1.93. The highest BCUT2D eigenvalue weighted by Crippen LogP contribution is 2.20. The zero-order valence-corrected chi connectivity index (χ0v) is 14.5. The van der Waals surface area contributed by atoms with Crippen LogP contribution in [-0.4, -0.2) is 38.7 Å². The van der Waals surface area contributed by atoms with Gasteiger partial charge in [-0.15, -0.1) is 11.3 Å². The summed E-state index contributed by atoms with van der Waals surface area (Å²) in [4.78, 5) is 17.0. The molecular weight excluding hydrogens is 298 g/mol. The van der Waals surface area contributed by atoms with Gasteiger partial charge < -0.3 is 15.4 Å². The molecule has 0 radical (unpaired) electrons. The zero-order chi connectivity index (χ0) is 16.2. The van der Waals surface area contributed by atoms with Crippen LogP contribution in [0.5, 0.6) is 0 Å². The molecule has 0 amide bonds. The van der Waals surface area contributed by atoms with Gasteiger partial charge in [0.15, 0.2) is 5.96 Å². The molecule has 0 fully saturated rings. The summed E-state index contributed by atoms with van der Waals surface area (Å²) in [5.41, 5.74) is 0. The van der Waals surface area contributed by atoms with E-state index >= 15 is 0 Å². The molecule has 1 aromatic heterocycles. The van der Waals surface area contributed by atoms with Crippen molar-refractivity contribution in [2.24, 2.45) is 4.99 Å². The van der Waals surface area contributed by atoms with E-state index in [9.17, 15) is 4.79 Å². The Bertz CT molecular complexity index is 446. The lowest BCUT2D eigenvalue weighted by atomic mass is 10.1. The fraction of sp³-hybridized carbons (Fsp3) is 0.625. The molecule has 0 saturated heterocycles. The summed E-state index contributed by atoms with van der Waals surface area (Å²) in [7, 11) is 1.42. The van der Waals surface area contributed by atoms with Crippen LogP contribution in [0.1, 0.15) is 43.9 Å². The van der Waals surface area contributed by atoms with Crippen LogP contribution in [0.2, 0.25) is 0 Å². The number of esters is 1. The Labute approximate surface area is 137 Å². The molecule has 5 nitrogen and oxygen atoms in total. The van der Waals surface area contributed by atoms with Gasteiger partial charge in [-0.25, -0.2) is 0 Å². The molecule has 0 aromatic carbocycles. The maximum absolute atomic E-state index is 11.0. The van der Waals surface area contributed by atoms with Crippen molar-refractivity contribution in [3.8, 4) is 0 Å². The van der Waals surface area contributed by atoms with Crippen LogP contribution < -0.4 is 10.6 Å². The van der Waals surface area contributed by atoms with Gasteiger partial charge in [-0.1, -0.05) is 13.0 Å². The molecular formula is C16H27N3O2S. The number of carbonyl (C=O) groups excluding carboxylic acids is 1. The fourth-order valence-corrected chi connectivity index (χ4v) is 2.71. The minimum Gasteiger partial charge on any atom is -0.469 e. The van der Waals surface area contributed by atoms with Crippen molar-refractivity contribution in [3.05, 3.63) is 22.4 Å². The molecule has 0 saturated carbocycles. The van der Waals surface area contributed by atoms with Crippen molar-refractivity contribution >= 4 is 23.3 Å². The maximum atomic E-state index is 11.0. The van der Waals surface area contributed by atoms with Crippen LogP contribution in [0.25, 0.3) is 0 Å². The third kappa shape index (κ3) is 7.45. The quantitative estimate of drug-likeness (QED) is 0.317. The summed E-state index contributed by atoms with van der Waals surface area (Å²) in [6.07, 6.45) is 2.21. The number of carbonyl (C=O) groups is 1. The second kappa shape index (κ2) is 11.1. The van der Waals surface area contributed by atoms with Crippen LogP contribution >= 0.6 is 11.3 Å². The standard InChI is InChI=1S/C16H27N3O2S/c1-4-17-16(18-10-6-5-9-15(20)21-3)19-12-13(2)14-8-7-11-22-14/h7-8,11,13H,4-6,9-10,12H2,1-3H3,(H2,17,18,19). The minimum absolute atomic E-state index is 0.148. The number of unbranched alkanes of at least 4 members (excludes halogenated alkanes) is 1. The van der Waals surface area contributed by atoms with E-state index < -0.39 is 0 Å². The molecule has 0 spiro atoms. The number of aliphatic imine (C=N–C) groups is 1. The highest BCUT2D eigenvalue weighted by Gasteiger charge is 2.06. The lowest BCUT2D eigenvalue weighted by Gasteiger charge is -2.12. The lowest BCUT2D eigenvalue weighted by molar-refractivity contribution is -0.140. The largest absolute Gasteiger partial charge is 0.469 e. The predicted molar refractivity (Wildman–Crippen MR) is 92.6 cm³/mol. The molecule has 1 unspecified atom stereocenters. The van der Waals surface area contributed by atoms with Gasteiger partial charge in [0.25, 0.3) is 0 Å². The SMILES string of the molecule is CCNC(=NCC(C)c1cccs1)NCCCCC(=O)OC. The van der Waals surface area contributed by atoms with Gasteiger partial charge in [-0.2, -0.15) is 0 Å². The molecule has 0 aliphatic heterocycles. The number of hydrogen-bond acceptors (Lipinski definition) is 4. The van der Waals surface area contributed by atoms with Crippen LogP contribution in [0.3, 0.4) is 0 Å². The Morgan fingerprint density at radius 2 is 2.23 bits per heavy atom. The van der Waals surface area contributed by atoms with Crippen LogP contribution in [-0.2, 0) is 9.53 Å². The van der Waals surface area contributed by atoms with Gasteiger partial charge in [0.05, 0.1) is 13.7 Å². The molecule has 0 aliphatic carbocycles. The topological polar surface area (TPSA) is 62.7 Å². The zero-order valence-electron chi connectivity index (χ0n) is 13.7. The first-order valence-corrected chi connectivity index (χ1v) is 8.67. The van der Waals surface area contributed by atoms with Crippen molar-refractivity contribution < 1.29 is 9.53 Å². The molecule has 22 heavy (non-hydrogen) atoms. The molecule has 124 valence electrons. The van der Waals surface area contributed by atoms with Gasteiger partial charge in [0.1, 0.15) is 0 Å². The summed E-state index contributed by atoms with van der Waals surface area (Å²) in [5, 5.41) is 8.65. The highest BCUT2D eigenvalue weighted by molar-refractivity contribution is 7.10. The Morgan fingerprint density at radius 1 is 1.41 bits per heavy atom. The van der Waals surface area contributed by atoms with E-state index in [1.807, 2.05) is 0 Å². The minimum atomic E-state index is -0.148. The third-order valence-corrected chi connectivity index (χ3v) is 4.33. The number of guanidine groups is 1. The first kappa shape index (κ1) is 18.5.